The second kappa shape index (κ2) is 14.7. The van der Waals surface area contributed by atoms with Gasteiger partial charge in [-0.1, -0.05) is 19.2 Å². The van der Waals surface area contributed by atoms with Crippen LogP contribution in [0, 0.1) is 10.1 Å². The van der Waals surface area contributed by atoms with Crippen LogP contribution in [-0.4, -0.2) is 55.4 Å². The molecule has 0 heterocycles. The van der Waals surface area contributed by atoms with Crippen molar-refractivity contribution in [1.29, 1.82) is 0 Å². The summed E-state index contributed by atoms with van der Waals surface area (Å²) in [5.41, 5.74) is 0.558. The SMILES string of the molecule is C=C(C)C(=O)OCCNC(=O)OCc1ccc(COC(=O)NCCOC(=O)C(=C)C)c([N+](=O)[O-])c1. The first-order chi connectivity index (χ1) is 16.5. The fraction of sp³-hybridized carbons (Fsp3) is 0.364. The number of nitro groups is 1. The zero-order valence-electron chi connectivity index (χ0n) is 19.4. The van der Waals surface area contributed by atoms with E-state index in [0.29, 0.717) is 5.56 Å². The van der Waals surface area contributed by atoms with Crippen LogP contribution in [0.3, 0.4) is 0 Å². The molecule has 13 heteroatoms. The van der Waals surface area contributed by atoms with Crippen molar-refractivity contribution in [1.82, 2.24) is 10.6 Å². The number of nitro benzene ring substituents is 1. The van der Waals surface area contributed by atoms with E-state index in [2.05, 4.69) is 23.8 Å². The highest BCUT2D eigenvalue weighted by atomic mass is 16.6. The Morgan fingerprint density at radius 3 is 1.80 bits per heavy atom. The van der Waals surface area contributed by atoms with E-state index in [4.69, 9.17) is 18.9 Å². The van der Waals surface area contributed by atoms with Crippen molar-refractivity contribution in [3.05, 3.63) is 63.7 Å². The molecule has 0 aliphatic carbocycles. The lowest BCUT2D eigenvalue weighted by molar-refractivity contribution is -0.385. The fourth-order valence-corrected chi connectivity index (χ4v) is 2.23. The number of benzene rings is 1. The topological polar surface area (TPSA) is 172 Å². The van der Waals surface area contributed by atoms with Gasteiger partial charge in [0.15, 0.2) is 0 Å². The van der Waals surface area contributed by atoms with Gasteiger partial charge in [-0.3, -0.25) is 10.1 Å². The van der Waals surface area contributed by atoms with Gasteiger partial charge in [0.25, 0.3) is 5.69 Å². The van der Waals surface area contributed by atoms with E-state index >= 15 is 0 Å². The molecule has 0 aliphatic heterocycles. The fourth-order valence-electron chi connectivity index (χ4n) is 2.23. The van der Waals surface area contributed by atoms with Crippen molar-refractivity contribution in [2.24, 2.45) is 0 Å². The number of hydrogen-bond donors (Lipinski definition) is 2. The number of esters is 2. The lowest BCUT2D eigenvalue weighted by atomic mass is 10.1. The zero-order valence-corrected chi connectivity index (χ0v) is 19.4. The molecule has 2 N–H and O–H groups in total. The standard InChI is InChI=1S/C22H27N3O10/c1-14(2)19(26)32-9-7-23-21(28)34-12-16-5-6-17(18(11-16)25(30)31)13-35-22(29)24-8-10-33-20(27)15(3)4/h5-6,11H,1,3,7-10,12-13H2,2,4H3,(H,23,28)(H,24,29). The molecule has 0 aliphatic rings. The molecule has 0 saturated carbocycles. The Bertz CT molecular complexity index is 990. The molecule has 1 rings (SSSR count). The van der Waals surface area contributed by atoms with E-state index in [1.165, 1.54) is 32.0 Å². The summed E-state index contributed by atoms with van der Waals surface area (Å²) >= 11 is 0. The maximum atomic E-state index is 11.7. The van der Waals surface area contributed by atoms with Crippen molar-refractivity contribution in [2.75, 3.05) is 26.3 Å². The summed E-state index contributed by atoms with van der Waals surface area (Å²) < 4.78 is 19.5. The van der Waals surface area contributed by atoms with Crippen LogP contribution in [0.5, 0.6) is 0 Å². The summed E-state index contributed by atoms with van der Waals surface area (Å²) in [7, 11) is 0. The van der Waals surface area contributed by atoms with Crippen LogP contribution >= 0.6 is 0 Å². The molecule has 2 amide bonds. The third-order valence-corrected chi connectivity index (χ3v) is 3.98. The number of amides is 2. The number of carbonyl (C=O) groups is 4. The van der Waals surface area contributed by atoms with E-state index in [1.807, 2.05) is 0 Å². The van der Waals surface area contributed by atoms with Crippen LogP contribution in [0.2, 0.25) is 0 Å². The maximum absolute atomic E-state index is 11.7. The summed E-state index contributed by atoms with van der Waals surface area (Å²) in [5.74, 6) is -1.18. The van der Waals surface area contributed by atoms with Crippen molar-refractivity contribution in [3.63, 3.8) is 0 Å². The van der Waals surface area contributed by atoms with Crippen LogP contribution in [0.15, 0.2) is 42.5 Å². The second-order valence-corrected chi connectivity index (χ2v) is 7.06. The number of ether oxygens (including phenoxy) is 4. The van der Waals surface area contributed by atoms with Crippen molar-refractivity contribution in [3.8, 4) is 0 Å². The number of carbonyl (C=O) groups excluding carboxylic acids is 4. The second-order valence-electron chi connectivity index (χ2n) is 7.06. The molecule has 190 valence electrons. The molecule has 35 heavy (non-hydrogen) atoms. The van der Waals surface area contributed by atoms with Crippen molar-refractivity contribution < 1.29 is 43.0 Å². The molecular formula is C22H27N3O10. The minimum absolute atomic E-state index is 0.00662. The number of rotatable bonds is 13. The lowest BCUT2D eigenvalue weighted by Gasteiger charge is -2.10. The van der Waals surface area contributed by atoms with E-state index in [0.717, 1.165) is 0 Å². The van der Waals surface area contributed by atoms with Crippen LogP contribution in [0.25, 0.3) is 0 Å². The number of hydrogen-bond acceptors (Lipinski definition) is 10. The number of alkyl carbamates (subject to hydrolysis) is 2. The monoisotopic (exact) mass is 493 g/mol. The van der Waals surface area contributed by atoms with Gasteiger partial charge in [0.2, 0.25) is 0 Å². The first-order valence-electron chi connectivity index (χ1n) is 10.2. The van der Waals surface area contributed by atoms with E-state index in [9.17, 15) is 29.3 Å². The Hall–Kier alpha value is -4.42. The van der Waals surface area contributed by atoms with E-state index in [1.54, 1.807) is 0 Å². The molecule has 0 aromatic heterocycles. The van der Waals surface area contributed by atoms with Gasteiger partial charge in [0, 0.05) is 17.2 Å². The Kier molecular flexibility index (Phi) is 12.0. The Labute approximate surface area is 201 Å². The molecule has 13 nitrogen and oxygen atoms in total. The molecule has 0 atom stereocenters. The minimum Gasteiger partial charge on any atom is -0.460 e. The van der Waals surface area contributed by atoms with E-state index in [-0.39, 0.29) is 55.3 Å². The van der Waals surface area contributed by atoms with Gasteiger partial charge >= 0.3 is 24.1 Å². The third kappa shape index (κ3) is 11.3. The van der Waals surface area contributed by atoms with Gasteiger partial charge in [-0.15, -0.1) is 0 Å². The average molecular weight is 493 g/mol. The quantitative estimate of drug-likeness (QED) is 0.104. The zero-order chi connectivity index (χ0) is 26.4. The average Bonchev–Trinajstić information content (AvgIpc) is 2.81. The number of nitrogens with one attached hydrogen (secondary N) is 2. The Balaban J connectivity index is 2.48. The first-order valence-corrected chi connectivity index (χ1v) is 10.2. The lowest BCUT2D eigenvalue weighted by Crippen LogP contribution is -2.28. The van der Waals surface area contributed by atoms with Crippen LogP contribution in [0.4, 0.5) is 15.3 Å². The highest BCUT2D eigenvalue weighted by molar-refractivity contribution is 5.87. The van der Waals surface area contributed by atoms with Crippen molar-refractivity contribution >= 4 is 29.8 Å². The summed E-state index contributed by atoms with van der Waals surface area (Å²) in [6, 6.07) is 4.03. The molecule has 1 aromatic rings. The predicted molar refractivity (Wildman–Crippen MR) is 121 cm³/mol. The van der Waals surface area contributed by atoms with E-state index < -0.39 is 35.7 Å². The van der Waals surface area contributed by atoms with Gasteiger partial charge in [0.05, 0.1) is 23.6 Å². The van der Waals surface area contributed by atoms with Gasteiger partial charge in [-0.25, -0.2) is 19.2 Å². The predicted octanol–water partition coefficient (Wildman–Crippen LogP) is 2.29. The van der Waals surface area contributed by atoms with Crippen LogP contribution in [-0.2, 0) is 41.8 Å². The summed E-state index contributed by atoms with van der Waals surface area (Å²) in [5, 5.41) is 16.1. The maximum Gasteiger partial charge on any atom is 0.407 e. The Morgan fingerprint density at radius 2 is 1.34 bits per heavy atom. The highest BCUT2D eigenvalue weighted by Crippen LogP contribution is 2.22. The normalized spacial score (nSPS) is 9.89. The van der Waals surface area contributed by atoms with Crippen LogP contribution in [0.1, 0.15) is 25.0 Å². The molecular weight excluding hydrogens is 466 g/mol. The molecule has 0 unspecified atom stereocenters. The van der Waals surface area contributed by atoms with Crippen molar-refractivity contribution in [2.45, 2.75) is 27.1 Å². The summed E-state index contributed by atoms with van der Waals surface area (Å²) in [6.07, 6.45) is -1.67. The smallest absolute Gasteiger partial charge is 0.407 e. The van der Waals surface area contributed by atoms with Gasteiger partial charge < -0.3 is 29.6 Å². The van der Waals surface area contributed by atoms with Gasteiger partial charge in [0.1, 0.15) is 26.4 Å². The third-order valence-electron chi connectivity index (χ3n) is 3.98. The summed E-state index contributed by atoms with van der Waals surface area (Å²) in [6.45, 7) is 8.98. The molecule has 0 bridgehead atoms. The molecule has 0 spiro atoms. The molecule has 1 aromatic carbocycles. The van der Waals surface area contributed by atoms with Gasteiger partial charge in [-0.2, -0.15) is 0 Å². The highest BCUT2D eigenvalue weighted by Gasteiger charge is 2.17. The molecule has 0 saturated heterocycles. The molecule has 0 radical (unpaired) electrons. The summed E-state index contributed by atoms with van der Waals surface area (Å²) in [4.78, 5) is 56.6. The minimum atomic E-state index is -0.858. The number of nitrogens with zero attached hydrogens (tertiary/aromatic N) is 1. The first kappa shape index (κ1) is 28.6. The van der Waals surface area contributed by atoms with Gasteiger partial charge in [-0.05, 0) is 25.5 Å². The largest absolute Gasteiger partial charge is 0.460 e. The van der Waals surface area contributed by atoms with Crippen LogP contribution < -0.4 is 10.6 Å². The Morgan fingerprint density at radius 1 is 0.857 bits per heavy atom. The molecule has 0 fully saturated rings.